The number of nitrogens with zero attached hydrogens (tertiary/aromatic N) is 2. The summed E-state index contributed by atoms with van der Waals surface area (Å²) in [5, 5.41) is 2.80. The SMILES string of the molecule is CCOC(=O)c1cccc(NC(=O)N2CCC(C3CCN(C(=O)c4cc(C(F)(F)F)cc(C(F)(F)F)c4)CC3)CC2)c1. The van der Waals surface area contributed by atoms with Gasteiger partial charge in [-0.1, -0.05) is 6.07 Å². The van der Waals surface area contributed by atoms with Gasteiger partial charge < -0.3 is 19.9 Å². The van der Waals surface area contributed by atoms with Crippen LogP contribution in [0.1, 0.15) is 64.4 Å². The minimum atomic E-state index is -5.03. The Morgan fingerprint density at radius 3 is 1.81 bits per heavy atom. The van der Waals surface area contributed by atoms with Gasteiger partial charge in [-0.15, -0.1) is 0 Å². The quantitative estimate of drug-likeness (QED) is 0.307. The minimum Gasteiger partial charge on any atom is -0.462 e. The van der Waals surface area contributed by atoms with Crippen molar-refractivity contribution in [1.29, 1.82) is 0 Å². The first-order valence-electron chi connectivity index (χ1n) is 13.7. The molecule has 2 fully saturated rings. The Labute approximate surface area is 238 Å². The molecule has 0 bridgehead atoms. The molecular weight excluding hydrogens is 568 g/mol. The van der Waals surface area contributed by atoms with Crippen LogP contribution in [0.5, 0.6) is 0 Å². The standard InChI is InChI=1S/C29H31F6N3O4/c1-2-42-26(40)20-4-3-5-24(16-20)36-27(41)38-12-8-19(9-13-38)18-6-10-37(11-7-18)25(39)21-14-22(28(30,31)32)17-23(15-21)29(33,34)35/h3-5,14-19H,2,6-13H2,1H3,(H,36,41). The van der Waals surface area contributed by atoms with E-state index < -0.39 is 40.9 Å². The fourth-order valence-corrected chi connectivity index (χ4v) is 5.55. The van der Waals surface area contributed by atoms with E-state index in [1.54, 1.807) is 36.1 Å². The molecule has 2 saturated heterocycles. The molecule has 2 aliphatic rings. The van der Waals surface area contributed by atoms with Crippen LogP contribution in [0.2, 0.25) is 0 Å². The number of nitrogens with one attached hydrogen (secondary N) is 1. The third-order valence-electron chi connectivity index (χ3n) is 7.78. The highest BCUT2D eigenvalue weighted by atomic mass is 19.4. The number of carbonyl (C=O) groups is 3. The molecular formula is C29H31F6N3O4. The van der Waals surface area contributed by atoms with Gasteiger partial charge in [-0.3, -0.25) is 4.79 Å². The molecule has 0 atom stereocenters. The molecule has 0 unspecified atom stereocenters. The van der Waals surface area contributed by atoms with Gasteiger partial charge in [-0.2, -0.15) is 26.3 Å². The summed E-state index contributed by atoms with van der Waals surface area (Å²) in [6.07, 6.45) is -7.49. The van der Waals surface area contributed by atoms with Gasteiger partial charge in [0.1, 0.15) is 0 Å². The molecule has 4 rings (SSSR count). The number of ether oxygens (including phenoxy) is 1. The maximum atomic E-state index is 13.2. The first-order valence-corrected chi connectivity index (χ1v) is 13.7. The van der Waals surface area contributed by atoms with Crippen molar-refractivity contribution < 1.29 is 45.5 Å². The monoisotopic (exact) mass is 599 g/mol. The molecule has 0 radical (unpaired) electrons. The molecule has 228 valence electrons. The van der Waals surface area contributed by atoms with Gasteiger partial charge in [0.25, 0.3) is 5.91 Å². The van der Waals surface area contributed by atoms with Gasteiger partial charge >= 0.3 is 24.4 Å². The van der Waals surface area contributed by atoms with Gasteiger partial charge in [0.05, 0.1) is 23.3 Å². The molecule has 42 heavy (non-hydrogen) atoms. The molecule has 0 aromatic heterocycles. The fraction of sp³-hybridized carbons (Fsp3) is 0.483. The lowest BCUT2D eigenvalue weighted by Gasteiger charge is -2.40. The van der Waals surface area contributed by atoms with Crippen LogP contribution in [0.4, 0.5) is 36.8 Å². The number of carbonyl (C=O) groups excluding carboxylic acids is 3. The van der Waals surface area contributed by atoms with E-state index in [0.717, 1.165) is 12.8 Å². The number of alkyl halides is 6. The maximum Gasteiger partial charge on any atom is 0.416 e. The number of hydrogen-bond acceptors (Lipinski definition) is 4. The van der Waals surface area contributed by atoms with E-state index in [1.165, 1.54) is 4.90 Å². The number of urea groups is 1. The summed E-state index contributed by atoms with van der Waals surface area (Å²) in [4.78, 5) is 40.6. The third kappa shape index (κ3) is 7.54. The number of rotatable bonds is 5. The van der Waals surface area contributed by atoms with E-state index in [4.69, 9.17) is 4.74 Å². The van der Waals surface area contributed by atoms with E-state index >= 15 is 0 Å². The second kappa shape index (κ2) is 12.6. The molecule has 13 heteroatoms. The van der Waals surface area contributed by atoms with Crippen LogP contribution >= 0.6 is 0 Å². The second-order valence-corrected chi connectivity index (χ2v) is 10.5. The van der Waals surface area contributed by atoms with Gasteiger partial charge in [0.2, 0.25) is 0 Å². The Hall–Kier alpha value is -3.77. The minimum absolute atomic E-state index is 0.0101. The van der Waals surface area contributed by atoms with E-state index in [1.807, 2.05) is 0 Å². The largest absolute Gasteiger partial charge is 0.462 e. The number of benzene rings is 2. The van der Waals surface area contributed by atoms with Crippen LogP contribution in [-0.4, -0.2) is 60.5 Å². The predicted molar refractivity (Wildman–Crippen MR) is 141 cm³/mol. The second-order valence-electron chi connectivity index (χ2n) is 10.5. The van der Waals surface area contributed by atoms with Crippen LogP contribution in [0.3, 0.4) is 0 Å². The highest BCUT2D eigenvalue weighted by molar-refractivity contribution is 5.95. The van der Waals surface area contributed by atoms with E-state index in [-0.39, 0.29) is 43.6 Å². The Kier molecular flexibility index (Phi) is 9.37. The first kappa shape index (κ1) is 31.2. The Bertz CT molecular complexity index is 1260. The summed E-state index contributed by atoms with van der Waals surface area (Å²) in [6, 6.07) is 7.11. The van der Waals surface area contributed by atoms with E-state index in [2.05, 4.69) is 5.32 Å². The molecule has 7 nitrogen and oxygen atoms in total. The zero-order valence-corrected chi connectivity index (χ0v) is 22.9. The van der Waals surface area contributed by atoms with Crippen LogP contribution < -0.4 is 5.32 Å². The Balaban J connectivity index is 1.30. The lowest BCUT2D eigenvalue weighted by Crippen LogP contribution is -2.45. The van der Waals surface area contributed by atoms with Gasteiger partial charge in [0, 0.05) is 37.4 Å². The highest BCUT2D eigenvalue weighted by Gasteiger charge is 2.38. The van der Waals surface area contributed by atoms with Gasteiger partial charge in [0.15, 0.2) is 0 Å². The van der Waals surface area contributed by atoms with Crippen molar-refractivity contribution in [2.45, 2.75) is 45.0 Å². The zero-order chi connectivity index (χ0) is 30.7. The zero-order valence-electron chi connectivity index (χ0n) is 22.9. The molecule has 0 saturated carbocycles. The highest BCUT2D eigenvalue weighted by Crippen LogP contribution is 2.37. The summed E-state index contributed by atoms with van der Waals surface area (Å²) < 4.78 is 84.3. The average molecular weight is 600 g/mol. The molecule has 0 spiro atoms. The van der Waals surface area contributed by atoms with Gasteiger partial charge in [-0.25, -0.2) is 9.59 Å². The van der Waals surface area contributed by atoms with E-state index in [0.29, 0.717) is 49.3 Å². The summed E-state index contributed by atoms with van der Waals surface area (Å²) in [5.41, 5.74) is -2.88. The Morgan fingerprint density at radius 1 is 0.786 bits per heavy atom. The van der Waals surface area contributed by atoms with Crippen molar-refractivity contribution in [2.75, 3.05) is 38.1 Å². The normalized spacial score (nSPS) is 17.2. The number of esters is 1. The third-order valence-corrected chi connectivity index (χ3v) is 7.78. The van der Waals surface area contributed by atoms with Crippen LogP contribution in [0.15, 0.2) is 42.5 Å². The van der Waals surface area contributed by atoms with Crippen molar-refractivity contribution in [2.24, 2.45) is 11.8 Å². The summed E-state index contributed by atoms with van der Waals surface area (Å²) >= 11 is 0. The molecule has 1 N–H and O–H groups in total. The fourth-order valence-electron chi connectivity index (χ4n) is 5.55. The molecule has 2 aliphatic heterocycles. The van der Waals surface area contributed by atoms with Crippen LogP contribution in [0.25, 0.3) is 0 Å². The first-order chi connectivity index (χ1) is 19.8. The topological polar surface area (TPSA) is 79.0 Å². The van der Waals surface area contributed by atoms with Crippen LogP contribution in [0, 0.1) is 11.8 Å². The number of amides is 3. The van der Waals surface area contributed by atoms with Gasteiger partial charge in [-0.05, 0) is 80.8 Å². The molecule has 2 aromatic rings. The number of halogens is 6. The van der Waals surface area contributed by atoms with Crippen LogP contribution in [-0.2, 0) is 17.1 Å². The summed E-state index contributed by atoms with van der Waals surface area (Å²) in [6.45, 7) is 3.37. The Morgan fingerprint density at radius 2 is 1.31 bits per heavy atom. The van der Waals surface area contributed by atoms with Crippen molar-refractivity contribution in [3.05, 3.63) is 64.7 Å². The van der Waals surface area contributed by atoms with Crippen molar-refractivity contribution in [3.8, 4) is 0 Å². The van der Waals surface area contributed by atoms with Crippen molar-refractivity contribution in [1.82, 2.24) is 9.80 Å². The molecule has 2 aromatic carbocycles. The van der Waals surface area contributed by atoms with Crippen molar-refractivity contribution in [3.63, 3.8) is 0 Å². The van der Waals surface area contributed by atoms with Crippen molar-refractivity contribution >= 4 is 23.6 Å². The van der Waals surface area contributed by atoms with E-state index in [9.17, 15) is 40.7 Å². The summed E-state index contributed by atoms with van der Waals surface area (Å²) in [5.74, 6) is -0.858. The number of anilines is 1. The maximum absolute atomic E-state index is 13.2. The smallest absolute Gasteiger partial charge is 0.416 e. The molecule has 0 aliphatic carbocycles. The number of likely N-dealkylation sites (tertiary alicyclic amines) is 2. The summed E-state index contributed by atoms with van der Waals surface area (Å²) in [7, 11) is 0. The lowest BCUT2D eigenvalue weighted by atomic mass is 9.78. The molecule has 2 heterocycles. The number of hydrogen-bond donors (Lipinski definition) is 1. The number of piperidine rings is 2. The average Bonchev–Trinajstić information content (AvgIpc) is 2.96. The predicted octanol–water partition coefficient (Wildman–Crippen LogP) is 6.70. The molecule has 3 amide bonds. The lowest BCUT2D eigenvalue weighted by molar-refractivity contribution is -0.143.